The Morgan fingerprint density at radius 2 is 1.84 bits per heavy atom. The average molecular weight is 346 g/mol. The van der Waals surface area contributed by atoms with Gasteiger partial charge in [-0.1, -0.05) is 37.0 Å². The molecular formula is C12H15Cl3O3S. The zero-order chi connectivity index (χ0) is 14.6. The fourth-order valence-corrected chi connectivity index (χ4v) is 3.27. The Bertz CT molecular complexity index is 541. The molecule has 0 fully saturated rings. The zero-order valence-electron chi connectivity index (χ0n) is 10.6. The van der Waals surface area contributed by atoms with Crippen molar-refractivity contribution in [3.8, 4) is 5.75 Å². The molecule has 1 aromatic rings. The first-order chi connectivity index (χ1) is 8.71. The van der Waals surface area contributed by atoms with Crippen LogP contribution in [0.15, 0.2) is 17.0 Å². The number of hydrogen-bond donors (Lipinski definition) is 0. The molecule has 108 valence electrons. The fraction of sp³-hybridized carbons (Fsp3) is 0.500. The van der Waals surface area contributed by atoms with E-state index in [0.717, 1.165) is 12.8 Å². The number of halogens is 3. The van der Waals surface area contributed by atoms with Gasteiger partial charge in [0.05, 0.1) is 16.7 Å². The number of rotatable bonds is 6. The lowest BCUT2D eigenvalue weighted by molar-refractivity contribution is 0.298. The third-order valence-corrected chi connectivity index (χ3v) is 4.51. The van der Waals surface area contributed by atoms with E-state index in [2.05, 4.69) is 13.8 Å². The van der Waals surface area contributed by atoms with E-state index in [0.29, 0.717) is 18.3 Å². The molecule has 0 aromatic heterocycles. The first-order valence-corrected chi connectivity index (χ1v) is 8.85. The van der Waals surface area contributed by atoms with Crippen molar-refractivity contribution in [1.29, 1.82) is 0 Å². The van der Waals surface area contributed by atoms with E-state index in [-0.39, 0.29) is 14.9 Å². The maximum absolute atomic E-state index is 11.2. The van der Waals surface area contributed by atoms with E-state index < -0.39 is 9.05 Å². The number of ether oxygens (including phenoxy) is 1. The predicted molar refractivity (Wildman–Crippen MR) is 79.1 cm³/mol. The lowest BCUT2D eigenvalue weighted by atomic mass is 10.1. The predicted octanol–water partition coefficient (Wildman–Crippen LogP) is 4.74. The number of hydrogen-bond acceptors (Lipinski definition) is 3. The molecule has 0 amide bonds. The van der Waals surface area contributed by atoms with Crippen molar-refractivity contribution in [2.75, 3.05) is 6.61 Å². The van der Waals surface area contributed by atoms with Gasteiger partial charge in [0.1, 0.15) is 10.6 Å². The van der Waals surface area contributed by atoms with Crippen LogP contribution in [0.1, 0.15) is 26.7 Å². The molecule has 0 saturated heterocycles. The van der Waals surface area contributed by atoms with Gasteiger partial charge in [-0.2, -0.15) is 0 Å². The van der Waals surface area contributed by atoms with Crippen molar-refractivity contribution in [2.45, 2.75) is 31.6 Å². The Balaban J connectivity index is 2.80. The molecule has 0 radical (unpaired) electrons. The van der Waals surface area contributed by atoms with Crippen molar-refractivity contribution >= 4 is 42.9 Å². The minimum absolute atomic E-state index is 0.00161. The molecule has 0 atom stereocenters. The van der Waals surface area contributed by atoms with Crippen molar-refractivity contribution in [3.05, 3.63) is 22.2 Å². The molecule has 0 spiro atoms. The minimum atomic E-state index is -3.91. The molecule has 0 aliphatic rings. The lowest BCUT2D eigenvalue weighted by Gasteiger charge is -2.11. The second-order valence-electron chi connectivity index (χ2n) is 4.54. The topological polar surface area (TPSA) is 43.4 Å². The largest absolute Gasteiger partial charge is 0.492 e. The zero-order valence-corrected chi connectivity index (χ0v) is 13.7. The van der Waals surface area contributed by atoms with Gasteiger partial charge in [-0.15, -0.1) is 0 Å². The molecule has 0 aliphatic carbocycles. The SMILES string of the molecule is CC(C)CCCOc1cc(Cl)c(S(=O)(=O)Cl)cc1Cl. The van der Waals surface area contributed by atoms with Gasteiger partial charge >= 0.3 is 0 Å². The Labute approximate surface area is 128 Å². The van der Waals surface area contributed by atoms with E-state index in [1.165, 1.54) is 12.1 Å². The highest BCUT2D eigenvalue weighted by atomic mass is 35.7. The summed E-state index contributed by atoms with van der Waals surface area (Å²) in [6.07, 6.45) is 1.93. The van der Waals surface area contributed by atoms with E-state index >= 15 is 0 Å². The summed E-state index contributed by atoms with van der Waals surface area (Å²) in [6.45, 7) is 4.76. The Morgan fingerprint density at radius 3 is 2.37 bits per heavy atom. The Kier molecular flexibility index (Phi) is 6.24. The van der Waals surface area contributed by atoms with Gasteiger partial charge in [-0.05, 0) is 24.8 Å². The highest BCUT2D eigenvalue weighted by Crippen LogP contribution is 2.35. The molecule has 0 heterocycles. The van der Waals surface area contributed by atoms with Crippen LogP contribution in [0.2, 0.25) is 10.0 Å². The summed E-state index contributed by atoms with van der Waals surface area (Å²) in [6, 6.07) is 2.57. The molecular weight excluding hydrogens is 331 g/mol. The molecule has 1 aromatic carbocycles. The molecule has 0 aliphatic heterocycles. The maximum atomic E-state index is 11.2. The van der Waals surface area contributed by atoms with Crippen LogP contribution in [0.3, 0.4) is 0 Å². The summed E-state index contributed by atoms with van der Waals surface area (Å²) in [5.74, 6) is 0.964. The van der Waals surface area contributed by atoms with Crippen LogP contribution in [-0.2, 0) is 9.05 Å². The molecule has 19 heavy (non-hydrogen) atoms. The van der Waals surface area contributed by atoms with Gasteiger partial charge in [0.2, 0.25) is 0 Å². The second-order valence-corrected chi connectivity index (χ2v) is 7.88. The third kappa shape index (κ3) is 5.38. The van der Waals surface area contributed by atoms with Crippen LogP contribution in [0.5, 0.6) is 5.75 Å². The van der Waals surface area contributed by atoms with Crippen LogP contribution < -0.4 is 4.74 Å². The quantitative estimate of drug-likeness (QED) is 0.552. The van der Waals surface area contributed by atoms with E-state index in [4.69, 9.17) is 38.6 Å². The standard InChI is InChI=1S/C12H15Cl3O3S/c1-8(2)4-3-5-18-11-6-10(14)12(7-9(11)13)19(15,16)17/h6-8H,3-5H2,1-2H3. The first-order valence-electron chi connectivity index (χ1n) is 5.78. The van der Waals surface area contributed by atoms with Crippen LogP contribution in [0, 0.1) is 5.92 Å². The summed E-state index contributed by atoms with van der Waals surface area (Å²) in [5, 5.41) is 0.173. The normalized spacial score (nSPS) is 11.9. The maximum Gasteiger partial charge on any atom is 0.262 e. The number of benzene rings is 1. The van der Waals surface area contributed by atoms with Gasteiger partial charge in [0.15, 0.2) is 0 Å². The smallest absolute Gasteiger partial charge is 0.262 e. The molecule has 3 nitrogen and oxygen atoms in total. The Hall–Kier alpha value is -0.160. The third-order valence-electron chi connectivity index (χ3n) is 2.43. The van der Waals surface area contributed by atoms with Crippen LogP contribution in [0.4, 0.5) is 0 Å². The van der Waals surface area contributed by atoms with Crippen molar-refractivity contribution in [1.82, 2.24) is 0 Å². The highest BCUT2D eigenvalue weighted by molar-refractivity contribution is 8.13. The molecule has 0 N–H and O–H groups in total. The fourth-order valence-electron chi connectivity index (χ4n) is 1.48. The van der Waals surface area contributed by atoms with Crippen molar-refractivity contribution < 1.29 is 13.2 Å². The summed E-state index contributed by atoms with van der Waals surface area (Å²) in [5.41, 5.74) is 0. The summed E-state index contributed by atoms with van der Waals surface area (Å²) >= 11 is 11.8. The van der Waals surface area contributed by atoms with Crippen LogP contribution >= 0.6 is 33.9 Å². The minimum Gasteiger partial charge on any atom is -0.492 e. The van der Waals surface area contributed by atoms with E-state index in [1.54, 1.807) is 0 Å². The lowest BCUT2D eigenvalue weighted by Crippen LogP contribution is -2.01. The molecule has 0 bridgehead atoms. The first kappa shape index (κ1) is 16.9. The molecule has 0 unspecified atom stereocenters. The van der Waals surface area contributed by atoms with Crippen molar-refractivity contribution in [3.63, 3.8) is 0 Å². The van der Waals surface area contributed by atoms with Gasteiger partial charge in [0.25, 0.3) is 9.05 Å². The van der Waals surface area contributed by atoms with Gasteiger partial charge in [-0.3, -0.25) is 0 Å². The van der Waals surface area contributed by atoms with Crippen LogP contribution in [-0.4, -0.2) is 15.0 Å². The van der Waals surface area contributed by atoms with E-state index in [9.17, 15) is 8.42 Å². The molecule has 7 heteroatoms. The summed E-state index contributed by atoms with van der Waals surface area (Å²) in [4.78, 5) is -0.213. The van der Waals surface area contributed by atoms with Crippen molar-refractivity contribution in [2.24, 2.45) is 5.92 Å². The molecule has 0 saturated carbocycles. The van der Waals surface area contributed by atoms with Gasteiger partial charge in [0, 0.05) is 16.7 Å². The van der Waals surface area contributed by atoms with Gasteiger partial charge in [-0.25, -0.2) is 8.42 Å². The summed E-state index contributed by atoms with van der Waals surface area (Å²) in [7, 11) is 1.33. The second kappa shape index (κ2) is 7.02. The van der Waals surface area contributed by atoms with Crippen LogP contribution in [0.25, 0.3) is 0 Å². The van der Waals surface area contributed by atoms with Gasteiger partial charge < -0.3 is 4.74 Å². The monoisotopic (exact) mass is 344 g/mol. The Morgan fingerprint density at radius 1 is 1.21 bits per heavy atom. The summed E-state index contributed by atoms with van der Waals surface area (Å²) < 4.78 is 27.9. The average Bonchev–Trinajstić information content (AvgIpc) is 2.26. The molecule has 1 rings (SSSR count). The van der Waals surface area contributed by atoms with E-state index in [1.807, 2.05) is 0 Å². The highest BCUT2D eigenvalue weighted by Gasteiger charge is 2.18.